The average molecular weight is 311 g/mol. The first-order valence-corrected chi connectivity index (χ1v) is 8.69. The second kappa shape index (κ2) is 8.34. The first-order valence-electron chi connectivity index (χ1n) is 7.81. The minimum atomic E-state index is -0.181. The Hall–Kier alpha value is -1.14. The highest BCUT2D eigenvalue weighted by atomic mass is 32.1. The van der Waals surface area contributed by atoms with Crippen LogP contribution in [0.5, 0.6) is 0 Å². The Morgan fingerprint density at radius 2 is 2.24 bits per heavy atom. The second-order valence-electron chi connectivity index (χ2n) is 5.32. The lowest BCUT2D eigenvalue weighted by Crippen LogP contribution is -2.44. The maximum atomic E-state index is 11.6. The summed E-state index contributed by atoms with van der Waals surface area (Å²) in [7, 11) is 0. The number of likely N-dealkylation sites (tertiary alicyclic amines) is 1. The highest BCUT2D eigenvalue weighted by Gasteiger charge is 2.23. The lowest BCUT2D eigenvalue weighted by atomic mass is 10.1. The van der Waals surface area contributed by atoms with Gasteiger partial charge in [0.15, 0.2) is 0 Å². The Morgan fingerprint density at radius 1 is 1.48 bits per heavy atom. The monoisotopic (exact) mass is 311 g/mol. The molecule has 0 atom stereocenters. The number of thiazole rings is 1. The topological polar surface area (TPSA) is 54.5 Å². The molecule has 0 spiro atoms. The number of nitrogens with one attached hydrogen (secondary N) is 1. The molecular formula is C15H25N3O2S. The number of ether oxygens (including phenoxy) is 1. The minimum Gasteiger partial charge on any atom is -0.450 e. The van der Waals surface area contributed by atoms with Crippen LogP contribution >= 0.6 is 11.3 Å². The Kier molecular flexibility index (Phi) is 6.45. The van der Waals surface area contributed by atoms with Gasteiger partial charge >= 0.3 is 6.09 Å². The Balaban J connectivity index is 1.69. The SMILES string of the molecule is CCCc1nc(CNC2CCN(C(=O)OCC)CC2)cs1. The number of hydrogen-bond acceptors (Lipinski definition) is 5. The lowest BCUT2D eigenvalue weighted by molar-refractivity contribution is 0.0950. The molecule has 6 heteroatoms. The van der Waals surface area contributed by atoms with Gasteiger partial charge in [0.1, 0.15) is 0 Å². The third-order valence-electron chi connectivity index (χ3n) is 3.66. The lowest BCUT2D eigenvalue weighted by Gasteiger charge is -2.31. The number of nitrogens with zero attached hydrogens (tertiary/aromatic N) is 2. The van der Waals surface area contributed by atoms with E-state index < -0.39 is 0 Å². The Morgan fingerprint density at radius 3 is 2.90 bits per heavy atom. The van der Waals surface area contributed by atoms with Crippen LogP contribution in [0.15, 0.2) is 5.38 Å². The third kappa shape index (κ3) is 4.97. The van der Waals surface area contributed by atoms with E-state index in [1.54, 1.807) is 16.2 Å². The first kappa shape index (κ1) is 16.2. The molecule has 1 aliphatic heterocycles. The maximum absolute atomic E-state index is 11.6. The molecule has 5 nitrogen and oxygen atoms in total. The van der Waals surface area contributed by atoms with Gasteiger partial charge in [0.2, 0.25) is 0 Å². The normalized spacial score (nSPS) is 16.2. The molecule has 1 saturated heterocycles. The summed E-state index contributed by atoms with van der Waals surface area (Å²) in [5.74, 6) is 0. The summed E-state index contributed by atoms with van der Waals surface area (Å²) in [6.07, 6.45) is 3.99. The number of rotatable bonds is 6. The van der Waals surface area contributed by atoms with Crippen LogP contribution in [0, 0.1) is 0 Å². The van der Waals surface area contributed by atoms with Gasteiger partial charge in [0.25, 0.3) is 0 Å². The number of aryl methyl sites for hydroxylation is 1. The fourth-order valence-corrected chi connectivity index (χ4v) is 3.39. The van der Waals surface area contributed by atoms with Gasteiger partial charge < -0.3 is 15.0 Å². The van der Waals surface area contributed by atoms with Crippen molar-refractivity contribution in [1.29, 1.82) is 0 Å². The third-order valence-corrected chi connectivity index (χ3v) is 4.61. The Bertz CT molecular complexity index is 442. The number of amides is 1. The van der Waals surface area contributed by atoms with E-state index in [9.17, 15) is 4.79 Å². The summed E-state index contributed by atoms with van der Waals surface area (Å²) in [4.78, 5) is 18.0. The van der Waals surface area contributed by atoms with E-state index in [-0.39, 0.29) is 6.09 Å². The fourth-order valence-electron chi connectivity index (χ4n) is 2.49. The summed E-state index contributed by atoms with van der Waals surface area (Å²) < 4.78 is 5.03. The van der Waals surface area contributed by atoms with E-state index in [2.05, 4.69) is 22.6 Å². The molecule has 0 bridgehead atoms. The first-order chi connectivity index (χ1) is 10.2. The zero-order valence-corrected chi connectivity index (χ0v) is 13.7. The van der Waals surface area contributed by atoms with Crippen molar-refractivity contribution in [2.24, 2.45) is 0 Å². The number of carbonyl (C=O) groups excluding carboxylic acids is 1. The summed E-state index contributed by atoms with van der Waals surface area (Å²) >= 11 is 1.75. The molecule has 0 saturated carbocycles. The molecule has 2 rings (SSSR count). The van der Waals surface area contributed by atoms with Crippen molar-refractivity contribution in [3.05, 3.63) is 16.1 Å². The molecule has 21 heavy (non-hydrogen) atoms. The van der Waals surface area contributed by atoms with Crippen LogP contribution in [0.2, 0.25) is 0 Å². The molecule has 2 heterocycles. The molecule has 118 valence electrons. The zero-order valence-electron chi connectivity index (χ0n) is 12.9. The van der Waals surface area contributed by atoms with Gasteiger partial charge in [-0.3, -0.25) is 0 Å². The van der Waals surface area contributed by atoms with E-state index in [1.165, 1.54) is 5.01 Å². The maximum Gasteiger partial charge on any atom is 0.409 e. The van der Waals surface area contributed by atoms with E-state index in [0.29, 0.717) is 12.6 Å². The van der Waals surface area contributed by atoms with Gasteiger partial charge in [-0.1, -0.05) is 6.92 Å². The summed E-state index contributed by atoms with van der Waals surface area (Å²) in [6, 6.07) is 0.465. The molecule has 0 radical (unpaired) electrons. The van der Waals surface area contributed by atoms with Crippen LogP contribution in [0.25, 0.3) is 0 Å². The average Bonchev–Trinajstić information content (AvgIpc) is 2.94. The highest BCUT2D eigenvalue weighted by Crippen LogP contribution is 2.14. The van der Waals surface area contributed by atoms with Crippen molar-refractivity contribution >= 4 is 17.4 Å². The standard InChI is InChI=1S/C15H25N3O2S/c1-3-5-14-17-13(11-21-14)10-16-12-6-8-18(9-7-12)15(19)20-4-2/h11-12,16H,3-10H2,1-2H3. The number of hydrogen-bond donors (Lipinski definition) is 1. The van der Waals surface area contributed by atoms with Gasteiger partial charge in [-0.2, -0.15) is 0 Å². The molecule has 1 aromatic heterocycles. The van der Waals surface area contributed by atoms with Crippen molar-refractivity contribution in [1.82, 2.24) is 15.2 Å². The van der Waals surface area contributed by atoms with Crippen molar-refractivity contribution in [2.75, 3.05) is 19.7 Å². The number of aromatic nitrogens is 1. The summed E-state index contributed by atoms with van der Waals surface area (Å²) in [5, 5.41) is 6.92. The predicted molar refractivity (Wildman–Crippen MR) is 84.6 cm³/mol. The molecule has 1 aliphatic rings. The van der Waals surface area contributed by atoms with E-state index in [4.69, 9.17) is 4.74 Å². The van der Waals surface area contributed by atoms with Gasteiger partial charge in [0, 0.05) is 31.1 Å². The van der Waals surface area contributed by atoms with Crippen molar-refractivity contribution in [3.63, 3.8) is 0 Å². The largest absolute Gasteiger partial charge is 0.450 e. The zero-order chi connectivity index (χ0) is 15.1. The molecular weight excluding hydrogens is 286 g/mol. The molecule has 0 aromatic carbocycles. The van der Waals surface area contributed by atoms with E-state index in [0.717, 1.165) is 51.0 Å². The van der Waals surface area contributed by atoms with Crippen LogP contribution in [0.4, 0.5) is 4.79 Å². The van der Waals surface area contributed by atoms with Crippen molar-refractivity contribution in [3.8, 4) is 0 Å². The van der Waals surface area contributed by atoms with E-state index in [1.807, 2.05) is 6.92 Å². The quantitative estimate of drug-likeness (QED) is 0.878. The molecule has 1 fully saturated rings. The van der Waals surface area contributed by atoms with E-state index >= 15 is 0 Å². The fraction of sp³-hybridized carbons (Fsp3) is 0.733. The van der Waals surface area contributed by atoms with Gasteiger partial charge in [0.05, 0.1) is 17.3 Å². The molecule has 0 aliphatic carbocycles. The van der Waals surface area contributed by atoms with Crippen LogP contribution < -0.4 is 5.32 Å². The van der Waals surface area contributed by atoms with Gasteiger partial charge in [-0.15, -0.1) is 11.3 Å². The minimum absolute atomic E-state index is 0.181. The Labute approximate surface area is 130 Å². The van der Waals surface area contributed by atoms with Crippen molar-refractivity contribution < 1.29 is 9.53 Å². The molecule has 1 amide bonds. The van der Waals surface area contributed by atoms with Crippen molar-refractivity contribution in [2.45, 2.75) is 52.1 Å². The van der Waals surface area contributed by atoms with Crippen LogP contribution in [-0.2, 0) is 17.7 Å². The predicted octanol–water partition coefficient (Wildman–Crippen LogP) is 2.81. The molecule has 1 N–H and O–H groups in total. The van der Waals surface area contributed by atoms with Gasteiger partial charge in [-0.25, -0.2) is 9.78 Å². The summed E-state index contributed by atoms with van der Waals surface area (Å²) in [6.45, 7) is 6.83. The number of piperidine rings is 1. The molecule has 1 aromatic rings. The summed E-state index contributed by atoms with van der Waals surface area (Å²) in [5.41, 5.74) is 1.14. The highest BCUT2D eigenvalue weighted by molar-refractivity contribution is 7.09. The second-order valence-corrected chi connectivity index (χ2v) is 6.27. The van der Waals surface area contributed by atoms with Crippen LogP contribution in [0.3, 0.4) is 0 Å². The van der Waals surface area contributed by atoms with Crippen LogP contribution in [-0.4, -0.2) is 41.7 Å². The smallest absolute Gasteiger partial charge is 0.409 e. The molecule has 0 unspecified atom stereocenters. The van der Waals surface area contributed by atoms with Crippen LogP contribution in [0.1, 0.15) is 43.8 Å². The number of carbonyl (C=O) groups is 1. The van der Waals surface area contributed by atoms with Gasteiger partial charge in [-0.05, 0) is 32.6 Å².